The summed E-state index contributed by atoms with van der Waals surface area (Å²) in [6.45, 7) is 4.19. The van der Waals surface area contributed by atoms with Crippen molar-refractivity contribution < 1.29 is 80.2 Å². The van der Waals surface area contributed by atoms with Gasteiger partial charge in [0.15, 0.2) is 12.2 Å². The van der Waals surface area contributed by atoms with Gasteiger partial charge < -0.3 is 33.8 Å². The van der Waals surface area contributed by atoms with E-state index < -0.39 is 97.5 Å². The summed E-state index contributed by atoms with van der Waals surface area (Å²) in [6, 6.07) is 0. The summed E-state index contributed by atoms with van der Waals surface area (Å²) in [4.78, 5) is 72.8. The monoisotopic (exact) mass is 1490 g/mol. The topological polar surface area (TPSA) is 237 Å². The van der Waals surface area contributed by atoms with Crippen molar-refractivity contribution in [1.29, 1.82) is 0 Å². The van der Waals surface area contributed by atoms with Gasteiger partial charge in [0, 0.05) is 19.3 Å². The minimum absolute atomic E-state index is 0.00735. The van der Waals surface area contributed by atoms with E-state index in [0.29, 0.717) is 38.5 Å². The van der Waals surface area contributed by atoms with Gasteiger partial charge in [-0.1, -0.05) is 266 Å². The fraction of sp³-hybridized carbons (Fsp3) is 0.553. The number of unbranched alkanes of at least 4 members (excludes halogenated alkanes) is 10. The van der Waals surface area contributed by atoms with Crippen LogP contribution < -0.4 is 0 Å². The minimum Gasteiger partial charge on any atom is -0.462 e. The van der Waals surface area contributed by atoms with Crippen LogP contribution in [0, 0.1) is 0 Å². The van der Waals surface area contributed by atoms with Crippen molar-refractivity contribution in [2.75, 3.05) is 39.6 Å². The predicted molar refractivity (Wildman–Crippen MR) is 426 cm³/mol. The average Bonchev–Trinajstić information content (AvgIpc) is 0.926. The van der Waals surface area contributed by atoms with Gasteiger partial charge in [0.1, 0.15) is 19.3 Å². The van der Waals surface area contributed by atoms with E-state index in [-0.39, 0.29) is 25.7 Å². The molecular weight excluding hydrogens is 1350 g/mol. The Morgan fingerprint density at radius 3 is 0.894 bits per heavy atom. The van der Waals surface area contributed by atoms with E-state index in [1.54, 1.807) is 6.08 Å². The third-order valence-corrected chi connectivity index (χ3v) is 16.7. The zero-order valence-electron chi connectivity index (χ0n) is 63.6. The highest BCUT2D eigenvalue weighted by Crippen LogP contribution is 2.45. The number of hydrogen-bond acceptors (Lipinski definition) is 15. The van der Waals surface area contributed by atoms with E-state index in [0.717, 1.165) is 135 Å². The molecule has 3 N–H and O–H groups in total. The maximum Gasteiger partial charge on any atom is 0.472 e. The van der Waals surface area contributed by atoms with Crippen molar-refractivity contribution >= 4 is 39.5 Å². The van der Waals surface area contributed by atoms with Crippen molar-refractivity contribution in [2.45, 2.75) is 264 Å². The van der Waals surface area contributed by atoms with Crippen molar-refractivity contribution in [1.82, 2.24) is 0 Å². The van der Waals surface area contributed by atoms with Crippen LogP contribution in [0.2, 0.25) is 0 Å². The van der Waals surface area contributed by atoms with Crippen LogP contribution in [0.5, 0.6) is 0 Å². The Labute approximate surface area is 627 Å². The van der Waals surface area contributed by atoms with Crippen LogP contribution in [-0.2, 0) is 65.4 Å². The lowest BCUT2D eigenvalue weighted by Gasteiger charge is -2.21. The minimum atomic E-state index is -5.02. The molecule has 0 aromatic rings. The SMILES string of the molecule is CC/C=C\C/C=C\C/C=C\C/C=C\C/C=C\CCCC(=O)OCC(COP(=O)(O)OCC(O)COP(=O)(O)OCC(COC(=O)C/C=C\C/C=C\C/C=C\C/C=C\C/C=C\CC)OC(=O)CCCCCCC/C=C\C/C=C\CCCCC)OC(=O)CCC/C=C\C/C=C\C/C=C\C/C=C\C/C=C\CC. The van der Waals surface area contributed by atoms with Gasteiger partial charge in [-0.2, -0.15) is 0 Å². The molecule has 0 saturated carbocycles. The van der Waals surface area contributed by atoms with E-state index in [9.17, 15) is 43.2 Å². The number of rotatable bonds is 69. The lowest BCUT2D eigenvalue weighted by molar-refractivity contribution is -0.161. The molecule has 0 aromatic heterocycles. The normalized spacial score (nSPS) is 15.0. The fourth-order valence-electron chi connectivity index (χ4n) is 9.04. The van der Waals surface area contributed by atoms with Crippen LogP contribution in [-0.4, -0.2) is 96.7 Å². The van der Waals surface area contributed by atoms with E-state index >= 15 is 0 Å². The first-order valence-corrected chi connectivity index (χ1v) is 41.3. The van der Waals surface area contributed by atoms with Crippen LogP contribution in [0.25, 0.3) is 0 Å². The molecule has 0 saturated heterocycles. The summed E-state index contributed by atoms with van der Waals surface area (Å²) >= 11 is 0. The zero-order chi connectivity index (χ0) is 76.0. The highest BCUT2D eigenvalue weighted by molar-refractivity contribution is 7.47. The molecule has 0 bridgehead atoms. The Hall–Kier alpha value is -6.36. The molecule has 0 spiro atoms. The molecule has 0 fully saturated rings. The van der Waals surface area contributed by atoms with E-state index in [4.69, 9.17) is 37.0 Å². The number of aliphatic hydroxyl groups is 1. The van der Waals surface area contributed by atoms with Gasteiger partial charge in [0.25, 0.3) is 0 Å². The molecule has 104 heavy (non-hydrogen) atoms. The van der Waals surface area contributed by atoms with Crippen molar-refractivity contribution in [3.63, 3.8) is 0 Å². The Morgan fingerprint density at radius 2 is 0.548 bits per heavy atom. The summed E-state index contributed by atoms with van der Waals surface area (Å²) in [7, 11) is -10.0. The number of allylic oxidation sites excluding steroid dienone is 33. The number of hydrogen-bond donors (Lipinski definition) is 3. The summed E-state index contributed by atoms with van der Waals surface area (Å²) in [5, 5.41) is 10.6. The molecule has 0 radical (unpaired) electrons. The molecule has 5 unspecified atom stereocenters. The number of esters is 4. The quantitative estimate of drug-likeness (QED) is 0.0169. The number of ether oxygens (including phenoxy) is 4. The molecule has 0 aliphatic carbocycles. The smallest absolute Gasteiger partial charge is 0.462 e. The molecule has 0 rings (SSSR count). The molecule has 17 nitrogen and oxygen atoms in total. The maximum absolute atomic E-state index is 13.1. The molecule has 0 aromatic carbocycles. The fourth-order valence-corrected chi connectivity index (χ4v) is 10.6. The summed E-state index contributed by atoms with van der Waals surface area (Å²) in [5.74, 6) is -2.50. The first-order valence-electron chi connectivity index (χ1n) is 38.3. The third-order valence-electron chi connectivity index (χ3n) is 14.8. The van der Waals surface area contributed by atoms with Crippen LogP contribution in [0.1, 0.15) is 246 Å². The Balaban J connectivity index is 5.58. The summed E-state index contributed by atoms with van der Waals surface area (Å²) in [6.07, 6.45) is 92.9. The molecule has 0 aliphatic rings. The largest absolute Gasteiger partial charge is 0.472 e. The molecule has 0 aliphatic heterocycles. The Kier molecular flexibility index (Phi) is 70.3. The number of carbonyl (C=O) groups excluding carboxylic acids is 4. The number of phosphoric ester groups is 2. The van der Waals surface area contributed by atoms with Crippen LogP contribution >= 0.6 is 15.6 Å². The van der Waals surface area contributed by atoms with Gasteiger partial charge in [0.2, 0.25) is 0 Å². The Morgan fingerprint density at radius 1 is 0.288 bits per heavy atom. The third kappa shape index (κ3) is 73.9. The van der Waals surface area contributed by atoms with Crippen molar-refractivity contribution in [3.8, 4) is 0 Å². The molecular formula is C85H132O17P2. The molecule has 5 atom stereocenters. The lowest BCUT2D eigenvalue weighted by atomic mass is 10.1. The second-order valence-corrected chi connectivity index (χ2v) is 27.4. The molecule has 0 heterocycles. The lowest BCUT2D eigenvalue weighted by Crippen LogP contribution is -2.30. The van der Waals surface area contributed by atoms with E-state index in [2.05, 4.69) is 186 Å². The average molecular weight is 1490 g/mol. The van der Waals surface area contributed by atoms with Gasteiger partial charge in [-0.3, -0.25) is 37.3 Å². The summed E-state index contributed by atoms with van der Waals surface area (Å²) < 4.78 is 68.2. The molecule has 19 heteroatoms. The Bertz CT molecular complexity index is 2790. The van der Waals surface area contributed by atoms with E-state index in [1.807, 2.05) is 42.5 Å². The van der Waals surface area contributed by atoms with Gasteiger partial charge in [-0.05, 0) is 161 Å². The number of aliphatic hydroxyl groups excluding tert-OH is 1. The highest BCUT2D eigenvalue weighted by Gasteiger charge is 2.30. The van der Waals surface area contributed by atoms with Crippen LogP contribution in [0.15, 0.2) is 207 Å². The zero-order valence-corrected chi connectivity index (χ0v) is 65.4. The second kappa shape index (κ2) is 74.9. The number of phosphoric acid groups is 2. The van der Waals surface area contributed by atoms with Gasteiger partial charge >= 0.3 is 39.5 Å². The highest BCUT2D eigenvalue weighted by atomic mass is 31.2. The maximum atomic E-state index is 13.1. The first kappa shape index (κ1) is 97.6. The van der Waals surface area contributed by atoms with E-state index in [1.165, 1.54) is 19.3 Å². The van der Waals surface area contributed by atoms with Crippen molar-refractivity contribution in [2.24, 2.45) is 0 Å². The second-order valence-electron chi connectivity index (χ2n) is 24.5. The number of carbonyl (C=O) groups is 4. The molecule has 584 valence electrons. The predicted octanol–water partition coefficient (Wildman–Crippen LogP) is 22.3. The van der Waals surface area contributed by atoms with Crippen molar-refractivity contribution in [3.05, 3.63) is 207 Å². The van der Waals surface area contributed by atoms with Gasteiger partial charge in [-0.15, -0.1) is 0 Å². The van der Waals surface area contributed by atoms with Crippen LogP contribution in [0.3, 0.4) is 0 Å². The standard InChI is InChI=1S/C85H132O17P2/c1-5-9-13-17-21-25-29-33-37-39-43-46-50-54-58-62-66-70-83(88)96-76-81(102-85(90)72-68-64-60-56-52-48-44-40-38-34-30-26-22-18-14-10-6-2)78-100-104(93,94)98-74-79(86)73-97-103(91,92)99-77-80(101-84(89)71-67-63-59-55-51-47-42-36-32-28-24-20-16-12-8-4)75-95-82(87)69-65-61-57-53-49-45-41-35-31-27-23-19-15-11-7-3/h9-11,13-15,21-28,33-38,41-44,46,48-49,53-54,56,58,60-61,65,79-81,86H,5-8,12,16-20,29-32,39-40,45,47,50-52,55,57,59,62-64,66-78H2,1-4H3,(H,91,92)(H,93,94)/b13-9-,14-10-,15-11-,25-21-,26-22-,27-23-,28-24-,37-33-,38-34-,41-35-,42-36-,46-43-,48-44-,53-49-,58-54-,60-56-,65-61-. The summed E-state index contributed by atoms with van der Waals surface area (Å²) in [5.41, 5.74) is 0. The van der Waals surface area contributed by atoms with Gasteiger partial charge in [-0.25, -0.2) is 9.13 Å². The first-order chi connectivity index (χ1) is 50.7. The van der Waals surface area contributed by atoms with Gasteiger partial charge in [0.05, 0.1) is 32.8 Å². The molecule has 0 amide bonds. The van der Waals surface area contributed by atoms with Crippen LogP contribution in [0.4, 0.5) is 0 Å².